The van der Waals surface area contributed by atoms with Gasteiger partial charge in [-0.1, -0.05) is 0 Å². The molecular formula is C17H18F3N5O3. The SMILES string of the molecule is Cc1cc(=O)n(CC(=O)N2CCC(Oc3nccc(C(F)(F)F)n3)CC2)cn1. The van der Waals surface area contributed by atoms with Gasteiger partial charge in [-0.25, -0.2) is 9.97 Å². The quantitative estimate of drug-likeness (QED) is 0.775. The Balaban J connectivity index is 1.54. The molecule has 1 saturated heterocycles. The summed E-state index contributed by atoms with van der Waals surface area (Å²) in [5.74, 6) is -0.235. The Labute approximate surface area is 158 Å². The summed E-state index contributed by atoms with van der Waals surface area (Å²) in [5, 5.41) is 0. The van der Waals surface area contributed by atoms with Gasteiger partial charge in [0.05, 0.1) is 6.33 Å². The van der Waals surface area contributed by atoms with Gasteiger partial charge in [0.15, 0.2) is 5.69 Å². The van der Waals surface area contributed by atoms with E-state index in [0.717, 1.165) is 12.3 Å². The fourth-order valence-electron chi connectivity index (χ4n) is 2.81. The minimum absolute atomic E-state index is 0.117. The van der Waals surface area contributed by atoms with Crippen LogP contribution in [0.15, 0.2) is 29.5 Å². The highest BCUT2D eigenvalue weighted by molar-refractivity contribution is 5.76. The number of aryl methyl sites for hydroxylation is 1. The highest BCUT2D eigenvalue weighted by Gasteiger charge is 2.33. The standard InChI is InChI=1S/C17H18F3N5O3/c1-11-8-14(26)25(10-22-11)9-15(27)24-6-3-12(4-7-24)28-16-21-5-2-13(23-16)17(18,19)20/h2,5,8,10,12H,3-4,6-7,9H2,1H3. The zero-order chi connectivity index (χ0) is 20.3. The zero-order valence-corrected chi connectivity index (χ0v) is 15.0. The number of hydrogen-bond acceptors (Lipinski definition) is 6. The third kappa shape index (κ3) is 4.84. The van der Waals surface area contributed by atoms with Crippen molar-refractivity contribution in [3.8, 4) is 6.01 Å². The monoisotopic (exact) mass is 397 g/mol. The number of piperidine rings is 1. The largest absolute Gasteiger partial charge is 0.460 e. The molecule has 150 valence electrons. The summed E-state index contributed by atoms with van der Waals surface area (Å²) in [6.45, 7) is 2.29. The van der Waals surface area contributed by atoms with E-state index in [1.54, 1.807) is 11.8 Å². The Morgan fingerprint density at radius 1 is 1.29 bits per heavy atom. The van der Waals surface area contributed by atoms with Gasteiger partial charge in [-0.05, 0) is 13.0 Å². The molecule has 0 atom stereocenters. The molecule has 1 fully saturated rings. The number of rotatable bonds is 4. The number of amides is 1. The molecule has 2 aromatic rings. The lowest BCUT2D eigenvalue weighted by Gasteiger charge is -2.31. The first-order valence-corrected chi connectivity index (χ1v) is 8.60. The summed E-state index contributed by atoms with van der Waals surface area (Å²) < 4.78 is 44.8. The summed E-state index contributed by atoms with van der Waals surface area (Å²) in [7, 11) is 0. The molecule has 11 heteroatoms. The number of aromatic nitrogens is 4. The number of carbonyl (C=O) groups excluding carboxylic acids is 1. The van der Waals surface area contributed by atoms with E-state index in [0.29, 0.717) is 31.6 Å². The molecule has 3 rings (SSSR count). The number of alkyl halides is 3. The van der Waals surface area contributed by atoms with Gasteiger partial charge in [0.25, 0.3) is 5.56 Å². The summed E-state index contributed by atoms with van der Waals surface area (Å²) in [4.78, 5) is 36.9. The van der Waals surface area contributed by atoms with Crippen molar-refractivity contribution in [1.29, 1.82) is 0 Å². The van der Waals surface area contributed by atoms with Crippen molar-refractivity contribution in [3.63, 3.8) is 0 Å². The van der Waals surface area contributed by atoms with Gasteiger partial charge in [0, 0.05) is 43.9 Å². The summed E-state index contributed by atoms with van der Waals surface area (Å²) >= 11 is 0. The first-order valence-electron chi connectivity index (χ1n) is 8.60. The Bertz CT molecular complexity index is 907. The van der Waals surface area contributed by atoms with Crippen LogP contribution in [0.1, 0.15) is 24.2 Å². The van der Waals surface area contributed by atoms with Crippen LogP contribution in [0.4, 0.5) is 13.2 Å². The van der Waals surface area contributed by atoms with E-state index in [9.17, 15) is 22.8 Å². The van der Waals surface area contributed by atoms with Crippen molar-refractivity contribution in [1.82, 2.24) is 24.4 Å². The molecule has 0 unspecified atom stereocenters. The number of hydrogen-bond donors (Lipinski definition) is 0. The normalized spacial score (nSPS) is 15.5. The molecule has 0 aliphatic carbocycles. The van der Waals surface area contributed by atoms with E-state index in [1.807, 2.05) is 0 Å². The zero-order valence-electron chi connectivity index (χ0n) is 15.0. The Kier molecular flexibility index (Phi) is 5.61. The number of nitrogens with zero attached hydrogens (tertiary/aromatic N) is 5. The fourth-order valence-corrected chi connectivity index (χ4v) is 2.81. The van der Waals surface area contributed by atoms with Crippen molar-refractivity contribution in [2.24, 2.45) is 0 Å². The van der Waals surface area contributed by atoms with Crippen LogP contribution in [-0.4, -0.2) is 49.5 Å². The van der Waals surface area contributed by atoms with Crippen molar-refractivity contribution in [3.05, 3.63) is 46.4 Å². The van der Waals surface area contributed by atoms with E-state index in [2.05, 4.69) is 15.0 Å². The Morgan fingerprint density at radius 2 is 2.00 bits per heavy atom. The molecule has 0 spiro atoms. The first kappa shape index (κ1) is 19.8. The van der Waals surface area contributed by atoms with Gasteiger partial charge in [-0.3, -0.25) is 14.2 Å². The molecule has 0 aromatic carbocycles. The Hall–Kier alpha value is -2.98. The number of carbonyl (C=O) groups is 1. The smallest absolute Gasteiger partial charge is 0.433 e. The van der Waals surface area contributed by atoms with Gasteiger partial charge in [0.1, 0.15) is 12.6 Å². The van der Waals surface area contributed by atoms with E-state index in [1.165, 1.54) is 17.0 Å². The number of likely N-dealkylation sites (tertiary alicyclic amines) is 1. The molecule has 0 radical (unpaired) electrons. The molecule has 0 bridgehead atoms. The maximum absolute atomic E-state index is 12.7. The van der Waals surface area contributed by atoms with Gasteiger partial charge in [-0.2, -0.15) is 18.2 Å². The van der Waals surface area contributed by atoms with Crippen LogP contribution in [0.5, 0.6) is 6.01 Å². The van der Waals surface area contributed by atoms with Crippen molar-refractivity contribution in [2.45, 2.75) is 38.6 Å². The van der Waals surface area contributed by atoms with Crippen molar-refractivity contribution < 1.29 is 22.7 Å². The predicted octanol–water partition coefficient (Wildman–Crippen LogP) is 1.43. The topological polar surface area (TPSA) is 90.2 Å². The number of halogens is 3. The van der Waals surface area contributed by atoms with Crippen LogP contribution in [0, 0.1) is 6.92 Å². The summed E-state index contributed by atoms with van der Waals surface area (Å²) in [6.07, 6.45) is -1.79. The lowest BCUT2D eigenvalue weighted by molar-refractivity contribution is -0.142. The van der Waals surface area contributed by atoms with Gasteiger partial charge in [0.2, 0.25) is 5.91 Å². The molecule has 2 aromatic heterocycles. The first-order chi connectivity index (χ1) is 13.2. The van der Waals surface area contributed by atoms with Gasteiger partial charge >= 0.3 is 12.2 Å². The molecule has 0 saturated carbocycles. The minimum atomic E-state index is -4.57. The van der Waals surface area contributed by atoms with Crippen LogP contribution in [-0.2, 0) is 17.5 Å². The van der Waals surface area contributed by atoms with Gasteiger partial charge in [-0.15, -0.1) is 0 Å². The maximum atomic E-state index is 12.7. The van der Waals surface area contributed by atoms with Gasteiger partial charge < -0.3 is 9.64 Å². The maximum Gasteiger partial charge on any atom is 0.433 e. The molecule has 1 amide bonds. The molecule has 1 aliphatic rings. The number of ether oxygens (including phenoxy) is 1. The highest BCUT2D eigenvalue weighted by atomic mass is 19.4. The molecule has 28 heavy (non-hydrogen) atoms. The second kappa shape index (κ2) is 7.95. The van der Waals surface area contributed by atoms with E-state index in [-0.39, 0.29) is 24.0 Å². The van der Waals surface area contributed by atoms with Crippen LogP contribution in [0.2, 0.25) is 0 Å². The van der Waals surface area contributed by atoms with Crippen LogP contribution < -0.4 is 10.3 Å². The van der Waals surface area contributed by atoms with E-state index >= 15 is 0 Å². The molecule has 1 aliphatic heterocycles. The molecule has 3 heterocycles. The van der Waals surface area contributed by atoms with Crippen LogP contribution in [0.3, 0.4) is 0 Å². The second-order valence-corrected chi connectivity index (χ2v) is 6.42. The highest BCUT2D eigenvalue weighted by Crippen LogP contribution is 2.28. The Morgan fingerprint density at radius 3 is 2.64 bits per heavy atom. The molecule has 0 N–H and O–H groups in total. The average molecular weight is 397 g/mol. The fraction of sp³-hybridized carbons (Fsp3) is 0.471. The third-order valence-corrected chi connectivity index (χ3v) is 4.31. The van der Waals surface area contributed by atoms with Crippen molar-refractivity contribution in [2.75, 3.05) is 13.1 Å². The minimum Gasteiger partial charge on any atom is -0.460 e. The molecular weight excluding hydrogens is 379 g/mol. The lowest BCUT2D eigenvalue weighted by Crippen LogP contribution is -2.44. The molecule has 8 nitrogen and oxygen atoms in total. The van der Waals surface area contributed by atoms with E-state index in [4.69, 9.17) is 4.74 Å². The third-order valence-electron chi connectivity index (χ3n) is 4.31. The van der Waals surface area contributed by atoms with Crippen LogP contribution >= 0.6 is 0 Å². The predicted molar refractivity (Wildman–Crippen MR) is 90.5 cm³/mol. The summed E-state index contributed by atoms with van der Waals surface area (Å²) in [6, 6.07) is 1.79. The second-order valence-electron chi connectivity index (χ2n) is 6.42. The van der Waals surface area contributed by atoms with Crippen LogP contribution in [0.25, 0.3) is 0 Å². The van der Waals surface area contributed by atoms with E-state index < -0.39 is 18.0 Å². The summed E-state index contributed by atoms with van der Waals surface area (Å²) in [5.41, 5.74) is -0.800. The average Bonchev–Trinajstić information content (AvgIpc) is 2.64. The lowest BCUT2D eigenvalue weighted by atomic mass is 10.1. The van der Waals surface area contributed by atoms with Crippen molar-refractivity contribution >= 4 is 5.91 Å².